The van der Waals surface area contributed by atoms with E-state index in [1.807, 2.05) is 12.3 Å². The summed E-state index contributed by atoms with van der Waals surface area (Å²) in [4.78, 5) is 13.0. The fourth-order valence-electron chi connectivity index (χ4n) is 0.849. The van der Waals surface area contributed by atoms with Crippen LogP contribution < -0.4 is 10.9 Å². The van der Waals surface area contributed by atoms with Crippen molar-refractivity contribution in [3.8, 4) is 0 Å². The van der Waals surface area contributed by atoms with Gasteiger partial charge in [-0.05, 0) is 11.3 Å². The second kappa shape index (κ2) is 5.85. The molecule has 18 heavy (non-hydrogen) atoms. The number of carboxylic acid groups (broad SMARTS) is 1. The van der Waals surface area contributed by atoms with Crippen molar-refractivity contribution in [2.75, 3.05) is 5.73 Å². The minimum atomic E-state index is -5.08. The van der Waals surface area contributed by atoms with Crippen LogP contribution in [-0.4, -0.2) is 30.3 Å². The summed E-state index contributed by atoms with van der Waals surface area (Å²) in [6.07, 6.45) is -3.19. The van der Waals surface area contributed by atoms with Crippen molar-refractivity contribution in [2.24, 2.45) is 0 Å². The van der Waals surface area contributed by atoms with Gasteiger partial charge in [0.2, 0.25) is 0 Å². The van der Waals surface area contributed by atoms with Gasteiger partial charge < -0.3 is 10.8 Å². The van der Waals surface area contributed by atoms with Crippen LogP contribution in [0.25, 0.3) is 0 Å². The number of nitrogens with zero attached hydrogens (tertiary/aromatic N) is 1. The number of hydrogen-bond donors (Lipinski definition) is 2. The van der Waals surface area contributed by atoms with Crippen LogP contribution in [0, 0.1) is 0 Å². The van der Waals surface area contributed by atoms with Gasteiger partial charge in [0.15, 0.2) is 0 Å². The van der Waals surface area contributed by atoms with E-state index in [1.54, 1.807) is 0 Å². The first kappa shape index (κ1) is 16.4. The van der Waals surface area contributed by atoms with Crippen LogP contribution in [-0.2, 0) is 4.79 Å². The molecule has 1 heterocycles. The number of alkyl halides is 3. The third-order valence-electron chi connectivity index (χ3n) is 1.89. The molecule has 0 aliphatic rings. The molecule has 1 aromatic heterocycles. The Labute approximate surface area is 104 Å². The molecule has 0 aliphatic carbocycles. The van der Waals surface area contributed by atoms with Gasteiger partial charge in [0.1, 0.15) is 5.82 Å². The van der Waals surface area contributed by atoms with E-state index >= 15 is 0 Å². The standard InChI is InChI=1S/C8H14N2Si.C2HF3O2/c1-11(2,3)7-4-5-8(9)10-6-7;3-2(4,5)1(6)7/h4-6H,1-3H3,(H2,9,10);(H,6,7). The molecular formula is C10H15F3N2O2Si. The molecule has 0 aliphatic heterocycles. The van der Waals surface area contributed by atoms with Gasteiger partial charge in [0.05, 0.1) is 8.07 Å². The average molecular weight is 280 g/mol. The Balaban J connectivity index is 0.000000360. The smallest absolute Gasteiger partial charge is 0.475 e. The van der Waals surface area contributed by atoms with Crippen LogP contribution >= 0.6 is 0 Å². The van der Waals surface area contributed by atoms with Gasteiger partial charge in [-0.1, -0.05) is 25.7 Å². The lowest BCUT2D eigenvalue weighted by Gasteiger charge is -2.15. The highest BCUT2D eigenvalue weighted by molar-refractivity contribution is 6.88. The maximum absolute atomic E-state index is 10.6. The van der Waals surface area contributed by atoms with Crippen LogP contribution in [0.4, 0.5) is 19.0 Å². The van der Waals surface area contributed by atoms with Gasteiger partial charge in [-0.25, -0.2) is 9.78 Å². The van der Waals surface area contributed by atoms with Gasteiger partial charge in [0.25, 0.3) is 0 Å². The number of aromatic nitrogens is 1. The summed E-state index contributed by atoms with van der Waals surface area (Å²) in [5.41, 5.74) is 5.47. The molecule has 0 fully saturated rings. The van der Waals surface area contributed by atoms with E-state index in [0.717, 1.165) is 0 Å². The zero-order valence-electron chi connectivity index (χ0n) is 10.2. The summed E-state index contributed by atoms with van der Waals surface area (Å²) in [6.45, 7) is 6.88. The Kier molecular flexibility index (Phi) is 5.34. The van der Waals surface area contributed by atoms with Crippen molar-refractivity contribution in [3.05, 3.63) is 18.3 Å². The Morgan fingerprint density at radius 3 is 2.00 bits per heavy atom. The Hall–Kier alpha value is -1.57. The van der Waals surface area contributed by atoms with Crippen molar-refractivity contribution >= 4 is 25.0 Å². The second-order valence-electron chi connectivity index (χ2n) is 4.52. The van der Waals surface area contributed by atoms with Gasteiger partial charge in [-0.15, -0.1) is 0 Å². The minimum Gasteiger partial charge on any atom is -0.475 e. The van der Waals surface area contributed by atoms with Crippen molar-refractivity contribution < 1.29 is 23.1 Å². The minimum absolute atomic E-state index is 0.604. The monoisotopic (exact) mass is 280 g/mol. The Morgan fingerprint density at radius 1 is 1.33 bits per heavy atom. The number of aliphatic carboxylic acids is 1. The van der Waals surface area contributed by atoms with Crippen LogP contribution in [0.5, 0.6) is 0 Å². The van der Waals surface area contributed by atoms with Crippen molar-refractivity contribution in [3.63, 3.8) is 0 Å². The molecule has 0 unspecified atom stereocenters. The molecule has 0 radical (unpaired) electrons. The summed E-state index contributed by atoms with van der Waals surface area (Å²) >= 11 is 0. The first-order valence-corrected chi connectivity index (χ1v) is 8.46. The van der Waals surface area contributed by atoms with Crippen molar-refractivity contribution in [2.45, 2.75) is 25.8 Å². The fraction of sp³-hybridized carbons (Fsp3) is 0.400. The largest absolute Gasteiger partial charge is 0.490 e. The molecular weight excluding hydrogens is 265 g/mol. The molecule has 0 saturated heterocycles. The topological polar surface area (TPSA) is 76.2 Å². The van der Waals surface area contributed by atoms with Gasteiger partial charge in [0, 0.05) is 6.20 Å². The number of rotatable bonds is 1. The number of hydrogen-bond acceptors (Lipinski definition) is 3. The van der Waals surface area contributed by atoms with Gasteiger partial charge >= 0.3 is 12.1 Å². The van der Waals surface area contributed by atoms with E-state index < -0.39 is 20.2 Å². The molecule has 102 valence electrons. The molecule has 0 saturated carbocycles. The van der Waals surface area contributed by atoms with Crippen LogP contribution in [0.15, 0.2) is 18.3 Å². The fourth-order valence-corrected chi connectivity index (χ4v) is 1.88. The van der Waals surface area contributed by atoms with Gasteiger partial charge in [-0.2, -0.15) is 13.2 Å². The highest BCUT2D eigenvalue weighted by atomic mass is 28.3. The van der Waals surface area contributed by atoms with Crippen LogP contribution in [0.1, 0.15) is 0 Å². The summed E-state index contributed by atoms with van der Waals surface area (Å²) in [5.74, 6) is -2.15. The molecule has 4 nitrogen and oxygen atoms in total. The molecule has 0 amide bonds. The Morgan fingerprint density at radius 2 is 1.78 bits per heavy atom. The maximum atomic E-state index is 10.6. The highest BCUT2D eigenvalue weighted by Crippen LogP contribution is 2.13. The number of carbonyl (C=O) groups is 1. The quantitative estimate of drug-likeness (QED) is 0.770. The SMILES string of the molecule is C[Si](C)(C)c1ccc(N)nc1.O=C(O)C(F)(F)F. The molecule has 1 rings (SSSR count). The predicted molar refractivity (Wildman–Crippen MR) is 65.3 cm³/mol. The summed E-state index contributed by atoms with van der Waals surface area (Å²) < 4.78 is 31.7. The zero-order chi connectivity index (χ0) is 14.6. The molecule has 3 N–H and O–H groups in total. The summed E-state index contributed by atoms with van der Waals surface area (Å²) in [5, 5.41) is 8.48. The summed E-state index contributed by atoms with van der Waals surface area (Å²) in [6, 6.07) is 3.95. The average Bonchev–Trinajstić information content (AvgIpc) is 2.16. The van der Waals surface area contributed by atoms with Crippen molar-refractivity contribution in [1.82, 2.24) is 4.98 Å². The van der Waals surface area contributed by atoms with Crippen LogP contribution in [0.2, 0.25) is 19.6 Å². The zero-order valence-corrected chi connectivity index (χ0v) is 11.2. The Bertz CT molecular complexity index is 399. The molecule has 0 spiro atoms. The van der Waals surface area contributed by atoms with Crippen molar-refractivity contribution in [1.29, 1.82) is 0 Å². The molecule has 1 aromatic rings. The third-order valence-corrected chi connectivity index (χ3v) is 3.92. The lowest BCUT2D eigenvalue weighted by Crippen LogP contribution is -2.37. The van der Waals surface area contributed by atoms with E-state index in [2.05, 4.69) is 30.7 Å². The summed E-state index contributed by atoms with van der Waals surface area (Å²) in [7, 11) is -1.17. The van der Waals surface area contributed by atoms with E-state index in [4.69, 9.17) is 15.6 Å². The first-order chi connectivity index (χ1) is 7.94. The van der Waals surface area contributed by atoms with E-state index in [1.165, 1.54) is 5.19 Å². The van der Waals surface area contributed by atoms with Gasteiger partial charge in [-0.3, -0.25) is 0 Å². The van der Waals surface area contributed by atoms with E-state index in [-0.39, 0.29) is 0 Å². The molecule has 8 heteroatoms. The number of pyridine rings is 1. The number of anilines is 1. The first-order valence-electron chi connectivity index (χ1n) is 4.96. The molecule has 0 bridgehead atoms. The second-order valence-corrected chi connectivity index (χ2v) is 9.60. The normalized spacial score (nSPS) is 11.4. The lowest BCUT2D eigenvalue weighted by atomic mass is 10.5. The molecule has 0 atom stereocenters. The predicted octanol–water partition coefficient (Wildman–Crippen LogP) is 1.84. The number of nitrogen functional groups attached to an aromatic ring is 1. The number of nitrogens with two attached hydrogens (primary N) is 1. The number of carboxylic acids is 1. The lowest BCUT2D eigenvalue weighted by molar-refractivity contribution is -0.192. The van der Waals surface area contributed by atoms with E-state index in [9.17, 15) is 13.2 Å². The highest BCUT2D eigenvalue weighted by Gasteiger charge is 2.38. The third kappa shape index (κ3) is 6.23. The van der Waals surface area contributed by atoms with E-state index in [0.29, 0.717) is 5.82 Å². The molecule has 0 aromatic carbocycles. The van der Waals surface area contributed by atoms with Crippen LogP contribution in [0.3, 0.4) is 0 Å². The maximum Gasteiger partial charge on any atom is 0.490 e. The number of halogens is 3.